The van der Waals surface area contributed by atoms with Crippen molar-refractivity contribution in [2.45, 2.75) is 32.2 Å². The number of hydrogen-bond acceptors (Lipinski definition) is 4. The van der Waals surface area contributed by atoms with Crippen LogP contribution in [0.2, 0.25) is 0 Å². The summed E-state index contributed by atoms with van der Waals surface area (Å²) in [5.74, 6) is 1.56. The van der Waals surface area contributed by atoms with Gasteiger partial charge in [0, 0.05) is 19.8 Å². The Morgan fingerprint density at radius 1 is 1.05 bits per heavy atom. The molecular formula is C16H27NO3. The van der Waals surface area contributed by atoms with Crippen molar-refractivity contribution >= 4 is 0 Å². The molecule has 0 aromatic heterocycles. The molecule has 1 N–H and O–H groups in total. The molecule has 114 valence electrons. The Bertz CT molecular complexity index is 382. The van der Waals surface area contributed by atoms with E-state index in [1.54, 1.807) is 21.3 Å². The second-order valence-corrected chi connectivity index (χ2v) is 4.95. The van der Waals surface area contributed by atoms with E-state index in [1.165, 1.54) is 5.56 Å². The molecule has 1 unspecified atom stereocenters. The maximum absolute atomic E-state index is 5.32. The van der Waals surface area contributed by atoms with Crippen LogP contribution in [0.25, 0.3) is 0 Å². The van der Waals surface area contributed by atoms with Gasteiger partial charge in [-0.25, -0.2) is 0 Å². The van der Waals surface area contributed by atoms with E-state index >= 15 is 0 Å². The summed E-state index contributed by atoms with van der Waals surface area (Å²) in [4.78, 5) is 0. The van der Waals surface area contributed by atoms with Crippen molar-refractivity contribution in [1.82, 2.24) is 5.32 Å². The third-order valence-electron chi connectivity index (χ3n) is 3.26. The monoisotopic (exact) mass is 281 g/mol. The lowest BCUT2D eigenvalue weighted by atomic mass is 10.1. The van der Waals surface area contributed by atoms with Crippen LogP contribution in [-0.4, -0.2) is 40.5 Å². The molecule has 0 aliphatic rings. The number of unbranched alkanes of at least 4 members (excludes halogenated alkanes) is 1. The van der Waals surface area contributed by atoms with Crippen LogP contribution in [0.15, 0.2) is 18.2 Å². The summed E-state index contributed by atoms with van der Waals surface area (Å²) in [5.41, 5.74) is 1.25. The quantitative estimate of drug-likeness (QED) is 0.669. The van der Waals surface area contributed by atoms with Crippen molar-refractivity contribution in [3.8, 4) is 11.5 Å². The molecule has 20 heavy (non-hydrogen) atoms. The summed E-state index contributed by atoms with van der Waals surface area (Å²) in [5, 5.41) is 3.53. The van der Waals surface area contributed by atoms with E-state index < -0.39 is 0 Å². The van der Waals surface area contributed by atoms with Crippen LogP contribution in [0.1, 0.15) is 25.3 Å². The largest absolute Gasteiger partial charge is 0.493 e. The molecule has 1 rings (SSSR count). The first-order valence-corrected chi connectivity index (χ1v) is 7.14. The van der Waals surface area contributed by atoms with E-state index in [9.17, 15) is 0 Å². The van der Waals surface area contributed by atoms with Gasteiger partial charge in [-0.1, -0.05) is 6.07 Å². The average Bonchev–Trinajstić information content (AvgIpc) is 2.46. The first kappa shape index (κ1) is 16.8. The zero-order valence-corrected chi connectivity index (χ0v) is 13.1. The Kier molecular flexibility index (Phi) is 8.07. The second-order valence-electron chi connectivity index (χ2n) is 4.95. The predicted molar refractivity (Wildman–Crippen MR) is 81.8 cm³/mol. The van der Waals surface area contributed by atoms with E-state index in [2.05, 4.69) is 18.3 Å². The van der Waals surface area contributed by atoms with Crippen molar-refractivity contribution < 1.29 is 14.2 Å². The lowest BCUT2D eigenvalue weighted by Crippen LogP contribution is -2.29. The molecule has 0 aliphatic heterocycles. The highest BCUT2D eigenvalue weighted by molar-refractivity contribution is 5.43. The van der Waals surface area contributed by atoms with Gasteiger partial charge in [-0.3, -0.25) is 0 Å². The molecule has 0 fully saturated rings. The molecule has 0 saturated carbocycles. The minimum absolute atomic E-state index is 0.440. The highest BCUT2D eigenvalue weighted by Crippen LogP contribution is 2.27. The number of methoxy groups -OCH3 is 3. The van der Waals surface area contributed by atoms with Crippen molar-refractivity contribution in [3.63, 3.8) is 0 Å². The zero-order chi connectivity index (χ0) is 14.8. The third kappa shape index (κ3) is 5.80. The molecule has 0 amide bonds. The van der Waals surface area contributed by atoms with Gasteiger partial charge in [-0.15, -0.1) is 0 Å². The maximum Gasteiger partial charge on any atom is 0.160 e. The van der Waals surface area contributed by atoms with Crippen LogP contribution in [0.3, 0.4) is 0 Å². The van der Waals surface area contributed by atoms with E-state index in [1.807, 2.05) is 12.1 Å². The van der Waals surface area contributed by atoms with Crippen molar-refractivity contribution in [1.29, 1.82) is 0 Å². The van der Waals surface area contributed by atoms with Gasteiger partial charge in [-0.2, -0.15) is 0 Å². The molecule has 1 aromatic rings. The summed E-state index contributed by atoms with van der Waals surface area (Å²) in [6.07, 6.45) is 3.22. The molecule has 0 aliphatic carbocycles. The number of ether oxygens (including phenoxy) is 3. The molecule has 1 aromatic carbocycles. The van der Waals surface area contributed by atoms with Gasteiger partial charge in [-0.05, 0) is 50.4 Å². The fourth-order valence-corrected chi connectivity index (χ4v) is 2.15. The molecule has 0 spiro atoms. The highest BCUT2D eigenvalue weighted by Gasteiger charge is 2.07. The lowest BCUT2D eigenvalue weighted by Gasteiger charge is -2.15. The van der Waals surface area contributed by atoms with Crippen LogP contribution in [0, 0.1) is 0 Å². The fourth-order valence-electron chi connectivity index (χ4n) is 2.15. The third-order valence-corrected chi connectivity index (χ3v) is 3.26. The Balaban J connectivity index is 2.39. The zero-order valence-electron chi connectivity index (χ0n) is 13.1. The maximum atomic E-state index is 5.32. The Labute approximate surface area is 122 Å². The molecule has 4 nitrogen and oxygen atoms in total. The minimum Gasteiger partial charge on any atom is -0.493 e. The summed E-state index contributed by atoms with van der Waals surface area (Å²) >= 11 is 0. The van der Waals surface area contributed by atoms with E-state index in [4.69, 9.17) is 14.2 Å². The van der Waals surface area contributed by atoms with Gasteiger partial charge in [0.05, 0.1) is 14.2 Å². The van der Waals surface area contributed by atoms with Crippen LogP contribution in [0.5, 0.6) is 11.5 Å². The van der Waals surface area contributed by atoms with Crippen LogP contribution in [-0.2, 0) is 11.2 Å². The van der Waals surface area contributed by atoms with E-state index in [0.29, 0.717) is 6.04 Å². The van der Waals surface area contributed by atoms with Crippen LogP contribution in [0.4, 0.5) is 0 Å². The number of nitrogens with one attached hydrogen (secondary N) is 1. The lowest BCUT2D eigenvalue weighted by molar-refractivity contribution is 0.192. The molecule has 0 saturated heterocycles. The molecule has 0 radical (unpaired) electrons. The number of rotatable bonds is 10. The molecule has 1 atom stereocenters. The summed E-state index contributed by atoms with van der Waals surface area (Å²) in [6.45, 7) is 4.07. The smallest absolute Gasteiger partial charge is 0.160 e. The van der Waals surface area contributed by atoms with E-state index in [-0.39, 0.29) is 0 Å². The SMILES string of the molecule is COCCCCNC(C)Cc1ccc(OC)c(OC)c1. The summed E-state index contributed by atoms with van der Waals surface area (Å²) in [7, 11) is 5.06. The van der Waals surface area contributed by atoms with Gasteiger partial charge >= 0.3 is 0 Å². The normalized spacial score (nSPS) is 12.2. The second kappa shape index (κ2) is 9.61. The van der Waals surface area contributed by atoms with E-state index in [0.717, 1.165) is 43.9 Å². The summed E-state index contributed by atoms with van der Waals surface area (Å²) < 4.78 is 15.6. The van der Waals surface area contributed by atoms with Crippen molar-refractivity contribution in [3.05, 3.63) is 23.8 Å². The Morgan fingerprint density at radius 3 is 2.45 bits per heavy atom. The molecule has 0 heterocycles. The number of hydrogen-bond donors (Lipinski definition) is 1. The molecule has 4 heteroatoms. The van der Waals surface area contributed by atoms with Crippen molar-refractivity contribution in [2.75, 3.05) is 34.5 Å². The predicted octanol–water partition coefficient (Wildman–Crippen LogP) is 2.65. The topological polar surface area (TPSA) is 39.7 Å². The summed E-state index contributed by atoms with van der Waals surface area (Å²) in [6, 6.07) is 6.53. The van der Waals surface area contributed by atoms with Gasteiger partial charge in [0.2, 0.25) is 0 Å². The standard InChI is InChI=1S/C16H27NO3/c1-13(17-9-5-6-10-18-2)11-14-7-8-15(19-3)16(12-14)20-4/h7-8,12-13,17H,5-6,9-11H2,1-4H3. The van der Waals surface area contributed by atoms with Gasteiger partial charge in [0.25, 0.3) is 0 Å². The minimum atomic E-state index is 0.440. The van der Waals surface area contributed by atoms with Crippen LogP contribution >= 0.6 is 0 Å². The fraction of sp³-hybridized carbons (Fsp3) is 0.625. The van der Waals surface area contributed by atoms with Crippen LogP contribution < -0.4 is 14.8 Å². The highest BCUT2D eigenvalue weighted by atomic mass is 16.5. The van der Waals surface area contributed by atoms with Gasteiger partial charge in [0.1, 0.15) is 0 Å². The number of benzene rings is 1. The van der Waals surface area contributed by atoms with Crippen molar-refractivity contribution in [2.24, 2.45) is 0 Å². The first-order valence-electron chi connectivity index (χ1n) is 7.14. The average molecular weight is 281 g/mol. The Hall–Kier alpha value is -1.26. The molecular weight excluding hydrogens is 254 g/mol. The first-order chi connectivity index (χ1) is 9.71. The van der Waals surface area contributed by atoms with Gasteiger partial charge < -0.3 is 19.5 Å². The Morgan fingerprint density at radius 2 is 1.80 bits per heavy atom. The molecule has 0 bridgehead atoms. The van der Waals surface area contributed by atoms with Gasteiger partial charge in [0.15, 0.2) is 11.5 Å².